The number of aliphatic hydroxyl groups is 2. The van der Waals surface area contributed by atoms with Crippen molar-refractivity contribution in [3.8, 4) is 0 Å². The summed E-state index contributed by atoms with van der Waals surface area (Å²) in [7, 11) is 0. The van der Waals surface area contributed by atoms with Gasteiger partial charge in [0.25, 0.3) is 0 Å². The third-order valence-corrected chi connectivity index (χ3v) is 4.44. The minimum atomic E-state index is -0.582. The molecule has 1 rings (SSSR count). The van der Waals surface area contributed by atoms with Crippen LogP contribution in [0.2, 0.25) is 0 Å². The molecule has 1 aromatic carbocycles. The van der Waals surface area contributed by atoms with Crippen molar-refractivity contribution in [3.05, 3.63) is 35.4 Å². The first-order valence-electron chi connectivity index (χ1n) is 9.14. The van der Waals surface area contributed by atoms with Gasteiger partial charge in [0.1, 0.15) is 0 Å². The second-order valence-electron chi connectivity index (χ2n) is 6.76. The zero-order valence-electron chi connectivity index (χ0n) is 15.3. The molecule has 0 aromatic heterocycles. The molecule has 0 bridgehead atoms. The van der Waals surface area contributed by atoms with E-state index in [1.54, 1.807) is 0 Å². The highest BCUT2D eigenvalue weighted by atomic mass is 16.3. The van der Waals surface area contributed by atoms with E-state index in [0.29, 0.717) is 13.0 Å². The second-order valence-corrected chi connectivity index (χ2v) is 6.76. The van der Waals surface area contributed by atoms with E-state index in [1.165, 1.54) is 6.92 Å². The topological polar surface area (TPSA) is 69.6 Å². The fourth-order valence-electron chi connectivity index (χ4n) is 3.19. The SMILES string of the molecule is CCCC(O)(CCC)CCc1cccc(C(O)CCNC(C)=O)c1. The summed E-state index contributed by atoms with van der Waals surface area (Å²) in [6, 6.07) is 7.91. The Morgan fingerprint density at radius 3 is 2.46 bits per heavy atom. The molecule has 0 aliphatic rings. The van der Waals surface area contributed by atoms with E-state index in [1.807, 2.05) is 24.3 Å². The highest BCUT2D eigenvalue weighted by molar-refractivity contribution is 5.72. The molecule has 24 heavy (non-hydrogen) atoms. The van der Waals surface area contributed by atoms with E-state index in [9.17, 15) is 15.0 Å². The fourth-order valence-corrected chi connectivity index (χ4v) is 3.19. The quantitative estimate of drug-likeness (QED) is 0.579. The molecule has 1 unspecified atom stereocenters. The van der Waals surface area contributed by atoms with Crippen molar-refractivity contribution < 1.29 is 15.0 Å². The lowest BCUT2D eigenvalue weighted by atomic mass is 9.86. The Morgan fingerprint density at radius 1 is 1.21 bits per heavy atom. The molecule has 0 saturated carbocycles. The summed E-state index contributed by atoms with van der Waals surface area (Å²) in [6.07, 6.45) is 5.11. The Kier molecular flexibility index (Phi) is 9.01. The molecule has 0 spiro atoms. The van der Waals surface area contributed by atoms with Crippen LogP contribution >= 0.6 is 0 Å². The van der Waals surface area contributed by atoms with Crippen LogP contribution in [-0.2, 0) is 11.2 Å². The van der Waals surface area contributed by atoms with Gasteiger partial charge < -0.3 is 15.5 Å². The molecule has 4 nitrogen and oxygen atoms in total. The van der Waals surface area contributed by atoms with Crippen LogP contribution in [0.1, 0.15) is 76.5 Å². The first kappa shape index (κ1) is 20.7. The number of carbonyl (C=O) groups is 1. The molecule has 136 valence electrons. The van der Waals surface area contributed by atoms with Gasteiger partial charge in [-0.15, -0.1) is 0 Å². The molecule has 3 N–H and O–H groups in total. The molecule has 1 amide bonds. The van der Waals surface area contributed by atoms with Gasteiger partial charge in [-0.3, -0.25) is 4.79 Å². The number of carbonyl (C=O) groups excluding carboxylic acids is 1. The summed E-state index contributed by atoms with van der Waals surface area (Å²) in [4.78, 5) is 10.9. The Morgan fingerprint density at radius 2 is 1.88 bits per heavy atom. The minimum Gasteiger partial charge on any atom is -0.390 e. The second kappa shape index (κ2) is 10.5. The summed E-state index contributed by atoms with van der Waals surface area (Å²) in [5, 5.41) is 23.7. The lowest BCUT2D eigenvalue weighted by Gasteiger charge is -2.27. The molecule has 4 heteroatoms. The zero-order chi connectivity index (χ0) is 18.0. The van der Waals surface area contributed by atoms with Crippen LogP contribution in [0.15, 0.2) is 24.3 Å². The van der Waals surface area contributed by atoms with Crippen LogP contribution < -0.4 is 5.32 Å². The van der Waals surface area contributed by atoms with Crippen LogP contribution in [0.3, 0.4) is 0 Å². The lowest BCUT2D eigenvalue weighted by molar-refractivity contribution is -0.119. The van der Waals surface area contributed by atoms with Crippen LogP contribution in [0.25, 0.3) is 0 Å². The van der Waals surface area contributed by atoms with Gasteiger partial charge in [-0.1, -0.05) is 51.0 Å². The number of hydrogen-bond donors (Lipinski definition) is 3. The molecular weight excluding hydrogens is 302 g/mol. The van der Waals surface area contributed by atoms with Crippen LogP contribution in [0.5, 0.6) is 0 Å². The summed E-state index contributed by atoms with van der Waals surface area (Å²) in [6.45, 7) is 6.15. The van der Waals surface area contributed by atoms with Crippen molar-refractivity contribution >= 4 is 5.91 Å². The highest BCUT2D eigenvalue weighted by Gasteiger charge is 2.24. The van der Waals surface area contributed by atoms with Crippen molar-refractivity contribution in [1.29, 1.82) is 0 Å². The largest absolute Gasteiger partial charge is 0.390 e. The minimum absolute atomic E-state index is 0.0814. The average molecular weight is 335 g/mol. The van der Waals surface area contributed by atoms with Gasteiger partial charge in [-0.25, -0.2) is 0 Å². The van der Waals surface area contributed by atoms with Gasteiger partial charge in [0, 0.05) is 13.5 Å². The van der Waals surface area contributed by atoms with E-state index in [-0.39, 0.29) is 5.91 Å². The van der Waals surface area contributed by atoms with Crippen LogP contribution in [-0.4, -0.2) is 28.3 Å². The molecule has 0 aliphatic carbocycles. The maximum atomic E-state index is 10.9. The van der Waals surface area contributed by atoms with E-state index in [2.05, 4.69) is 19.2 Å². The molecule has 0 fully saturated rings. The Labute approximate surface area is 146 Å². The van der Waals surface area contributed by atoms with Crippen molar-refractivity contribution in [2.24, 2.45) is 0 Å². The van der Waals surface area contributed by atoms with Crippen molar-refractivity contribution in [2.45, 2.75) is 77.4 Å². The number of amides is 1. The first-order chi connectivity index (χ1) is 11.4. The van der Waals surface area contributed by atoms with Crippen LogP contribution in [0.4, 0.5) is 0 Å². The third-order valence-electron chi connectivity index (χ3n) is 4.44. The average Bonchev–Trinajstić information content (AvgIpc) is 2.53. The third kappa shape index (κ3) is 7.45. The predicted molar refractivity (Wildman–Crippen MR) is 97.8 cm³/mol. The molecule has 0 heterocycles. The summed E-state index contributed by atoms with van der Waals surface area (Å²) >= 11 is 0. The molecule has 0 radical (unpaired) electrons. The smallest absolute Gasteiger partial charge is 0.216 e. The summed E-state index contributed by atoms with van der Waals surface area (Å²) in [5.41, 5.74) is 1.42. The Balaban J connectivity index is 2.62. The maximum absolute atomic E-state index is 10.9. The monoisotopic (exact) mass is 335 g/mol. The Hall–Kier alpha value is -1.39. The van der Waals surface area contributed by atoms with E-state index in [4.69, 9.17) is 0 Å². The number of benzene rings is 1. The number of rotatable bonds is 11. The molecular formula is C20H33NO3. The van der Waals surface area contributed by atoms with Gasteiger partial charge >= 0.3 is 0 Å². The molecule has 0 saturated heterocycles. The lowest BCUT2D eigenvalue weighted by Crippen LogP contribution is -2.29. The van der Waals surface area contributed by atoms with E-state index in [0.717, 1.165) is 49.7 Å². The van der Waals surface area contributed by atoms with Crippen LogP contribution in [0, 0.1) is 0 Å². The fraction of sp³-hybridized carbons (Fsp3) is 0.650. The van der Waals surface area contributed by atoms with Gasteiger partial charge in [0.15, 0.2) is 0 Å². The number of nitrogens with one attached hydrogen (secondary N) is 1. The predicted octanol–water partition coefficient (Wildman–Crippen LogP) is 3.51. The highest BCUT2D eigenvalue weighted by Crippen LogP contribution is 2.26. The number of aryl methyl sites for hydroxylation is 1. The number of hydrogen-bond acceptors (Lipinski definition) is 3. The van der Waals surface area contributed by atoms with Crippen molar-refractivity contribution in [3.63, 3.8) is 0 Å². The van der Waals surface area contributed by atoms with E-state index < -0.39 is 11.7 Å². The summed E-state index contributed by atoms with van der Waals surface area (Å²) < 4.78 is 0. The molecule has 1 aromatic rings. The molecule has 0 aliphatic heterocycles. The van der Waals surface area contributed by atoms with Crippen molar-refractivity contribution in [2.75, 3.05) is 6.54 Å². The van der Waals surface area contributed by atoms with E-state index >= 15 is 0 Å². The zero-order valence-corrected chi connectivity index (χ0v) is 15.3. The first-order valence-corrected chi connectivity index (χ1v) is 9.14. The van der Waals surface area contributed by atoms with Gasteiger partial charge in [0.05, 0.1) is 11.7 Å². The number of aliphatic hydroxyl groups excluding tert-OH is 1. The van der Waals surface area contributed by atoms with Crippen molar-refractivity contribution in [1.82, 2.24) is 5.32 Å². The standard InChI is InChI=1S/C20H33NO3/c1-4-11-20(24,12-5-2)13-9-17-7-6-8-18(15-17)19(23)10-14-21-16(3)22/h6-8,15,19,23-24H,4-5,9-14H2,1-3H3,(H,21,22). The molecule has 1 atom stereocenters. The van der Waals surface area contributed by atoms with Gasteiger partial charge in [0.2, 0.25) is 5.91 Å². The maximum Gasteiger partial charge on any atom is 0.216 e. The Bertz CT molecular complexity index is 495. The normalized spacial score (nSPS) is 12.9. The van der Waals surface area contributed by atoms with Gasteiger partial charge in [-0.05, 0) is 43.2 Å². The van der Waals surface area contributed by atoms with Gasteiger partial charge in [-0.2, -0.15) is 0 Å². The summed E-state index contributed by atoms with van der Waals surface area (Å²) in [5.74, 6) is -0.0814.